The Labute approximate surface area is 116 Å². The van der Waals surface area contributed by atoms with E-state index in [1.807, 2.05) is 0 Å². The summed E-state index contributed by atoms with van der Waals surface area (Å²) in [5, 5.41) is 8.97. The average molecular weight is 284 g/mol. The van der Waals surface area contributed by atoms with Crippen LogP contribution in [0, 0.1) is 5.92 Å². The number of hydrogen-bond acceptors (Lipinski definition) is 4. The lowest BCUT2D eigenvalue weighted by Crippen LogP contribution is -2.35. The van der Waals surface area contributed by atoms with E-state index in [1.54, 1.807) is 0 Å². The Balaban J connectivity index is 1.99. The van der Waals surface area contributed by atoms with Gasteiger partial charge in [-0.2, -0.15) is 0 Å². The minimum atomic E-state index is -0.686. The van der Waals surface area contributed by atoms with Crippen molar-refractivity contribution in [1.29, 1.82) is 0 Å². The number of rotatable bonds is 4. The number of nitrogens with one attached hydrogen (secondary N) is 1. The molecular weight excluding hydrogens is 264 g/mol. The van der Waals surface area contributed by atoms with Crippen LogP contribution in [0.2, 0.25) is 0 Å². The number of carbonyl (C=O) groups is 1. The van der Waals surface area contributed by atoms with Crippen LogP contribution in [0.5, 0.6) is 0 Å². The third-order valence-electron chi connectivity index (χ3n) is 3.63. The SMILES string of the molecule is CC(C)c1[nH]c(=O)sc1CN1CCC(C(=O)O)CC1. The summed E-state index contributed by atoms with van der Waals surface area (Å²) in [5.41, 5.74) is 1.02. The second kappa shape index (κ2) is 5.88. The van der Waals surface area contributed by atoms with Gasteiger partial charge in [0.2, 0.25) is 0 Å². The van der Waals surface area contributed by atoms with E-state index in [0.29, 0.717) is 18.8 Å². The Morgan fingerprint density at radius 1 is 1.47 bits per heavy atom. The normalized spacial score (nSPS) is 18.1. The van der Waals surface area contributed by atoms with Gasteiger partial charge in [-0.3, -0.25) is 14.5 Å². The van der Waals surface area contributed by atoms with Crippen LogP contribution in [0.25, 0.3) is 0 Å². The molecule has 1 fully saturated rings. The van der Waals surface area contributed by atoms with E-state index < -0.39 is 5.97 Å². The van der Waals surface area contributed by atoms with Crippen molar-refractivity contribution in [3.05, 3.63) is 20.2 Å². The molecule has 1 saturated heterocycles. The first-order valence-electron chi connectivity index (χ1n) is 6.64. The lowest BCUT2D eigenvalue weighted by atomic mass is 9.97. The van der Waals surface area contributed by atoms with Crippen LogP contribution in [0.4, 0.5) is 0 Å². The molecule has 0 aromatic carbocycles. The van der Waals surface area contributed by atoms with E-state index in [1.165, 1.54) is 11.3 Å². The number of hydrogen-bond donors (Lipinski definition) is 2. The maximum absolute atomic E-state index is 11.5. The van der Waals surface area contributed by atoms with Crippen molar-refractivity contribution in [2.24, 2.45) is 5.92 Å². The van der Waals surface area contributed by atoms with E-state index in [9.17, 15) is 9.59 Å². The molecule has 2 N–H and O–H groups in total. The van der Waals surface area contributed by atoms with Crippen molar-refractivity contribution >= 4 is 17.3 Å². The molecule has 106 valence electrons. The summed E-state index contributed by atoms with van der Waals surface area (Å²) in [5.74, 6) is -0.579. The van der Waals surface area contributed by atoms with Crippen LogP contribution < -0.4 is 4.87 Å². The Morgan fingerprint density at radius 2 is 2.11 bits per heavy atom. The quantitative estimate of drug-likeness (QED) is 0.885. The average Bonchev–Trinajstić information content (AvgIpc) is 2.71. The number of thiazole rings is 1. The highest BCUT2D eigenvalue weighted by Crippen LogP contribution is 2.24. The first-order chi connectivity index (χ1) is 8.97. The predicted octanol–water partition coefficient (Wildman–Crippen LogP) is 1.86. The molecule has 0 amide bonds. The summed E-state index contributed by atoms with van der Waals surface area (Å²) in [6.07, 6.45) is 1.40. The lowest BCUT2D eigenvalue weighted by Gasteiger charge is -2.29. The van der Waals surface area contributed by atoms with Crippen molar-refractivity contribution in [3.8, 4) is 0 Å². The standard InChI is InChI=1S/C13H20N2O3S/c1-8(2)11-10(19-13(18)14-11)7-15-5-3-9(4-6-15)12(16)17/h8-9H,3-7H2,1-2H3,(H,14,18)(H,16,17). The van der Waals surface area contributed by atoms with Gasteiger partial charge in [0.05, 0.1) is 5.92 Å². The number of likely N-dealkylation sites (tertiary alicyclic amines) is 1. The van der Waals surface area contributed by atoms with Gasteiger partial charge in [0, 0.05) is 17.1 Å². The maximum Gasteiger partial charge on any atom is 0.306 e. The summed E-state index contributed by atoms with van der Waals surface area (Å²) < 4.78 is 0. The fourth-order valence-corrected chi connectivity index (χ4v) is 3.53. The summed E-state index contributed by atoms with van der Waals surface area (Å²) in [6, 6.07) is 0. The van der Waals surface area contributed by atoms with Gasteiger partial charge in [-0.05, 0) is 31.8 Å². The number of aliphatic carboxylic acids is 1. The zero-order chi connectivity index (χ0) is 14.0. The molecule has 0 unspecified atom stereocenters. The second-order valence-corrected chi connectivity index (χ2v) is 6.46. The van der Waals surface area contributed by atoms with Crippen LogP contribution in [-0.2, 0) is 11.3 Å². The molecule has 1 aromatic heterocycles. The Kier molecular flexibility index (Phi) is 4.42. The van der Waals surface area contributed by atoms with Gasteiger partial charge in [0.15, 0.2) is 0 Å². The molecule has 1 aliphatic rings. The van der Waals surface area contributed by atoms with Crippen LogP contribution in [-0.4, -0.2) is 34.0 Å². The summed E-state index contributed by atoms with van der Waals surface area (Å²) >= 11 is 1.27. The van der Waals surface area contributed by atoms with Crippen LogP contribution in [0.3, 0.4) is 0 Å². The van der Waals surface area contributed by atoms with Gasteiger partial charge in [0.25, 0.3) is 0 Å². The largest absolute Gasteiger partial charge is 0.481 e. The fourth-order valence-electron chi connectivity index (χ4n) is 2.50. The zero-order valence-corrected chi connectivity index (χ0v) is 12.1. The van der Waals surface area contributed by atoms with E-state index in [4.69, 9.17) is 5.11 Å². The highest BCUT2D eigenvalue weighted by Gasteiger charge is 2.25. The highest BCUT2D eigenvalue weighted by atomic mass is 32.1. The number of carboxylic acids is 1. The topological polar surface area (TPSA) is 73.4 Å². The van der Waals surface area contributed by atoms with Crippen LogP contribution in [0.1, 0.15) is 43.2 Å². The molecule has 5 nitrogen and oxygen atoms in total. The maximum atomic E-state index is 11.5. The van der Waals surface area contributed by atoms with Gasteiger partial charge >= 0.3 is 10.8 Å². The monoisotopic (exact) mass is 284 g/mol. The molecule has 0 atom stereocenters. The molecule has 1 aliphatic heterocycles. The zero-order valence-electron chi connectivity index (χ0n) is 11.3. The minimum absolute atomic E-state index is 0.000813. The lowest BCUT2D eigenvalue weighted by molar-refractivity contribution is -0.143. The summed E-state index contributed by atoms with van der Waals surface area (Å²) in [6.45, 7) is 6.47. The first-order valence-corrected chi connectivity index (χ1v) is 7.46. The van der Waals surface area contributed by atoms with Gasteiger partial charge in [0.1, 0.15) is 0 Å². The molecular formula is C13H20N2O3S. The number of nitrogens with zero attached hydrogens (tertiary/aromatic N) is 1. The fraction of sp³-hybridized carbons (Fsp3) is 0.692. The van der Waals surface area contributed by atoms with E-state index in [2.05, 4.69) is 23.7 Å². The van der Waals surface area contributed by atoms with Gasteiger partial charge < -0.3 is 10.1 Å². The number of aromatic nitrogens is 1. The molecule has 19 heavy (non-hydrogen) atoms. The minimum Gasteiger partial charge on any atom is -0.481 e. The van der Waals surface area contributed by atoms with Gasteiger partial charge in [-0.1, -0.05) is 25.2 Å². The highest BCUT2D eigenvalue weighted by molar-refractivity contribution is 7.09. The molecule has 1 aromatic rings. The smallest absolute Gasteiger partial charge is 0.306 e. The Bertz CT molecular complexity index is 498. The summed E-state index contributed by atoms with van der Waals surface area (Å²) in [7, 11) is 0. The molecule has 0 saturated carbocycles. The molecule has 0 bridgehead atoms. The van der Waals surface area contributed by atoms with E-state index in [0.717, 1.165) is 30.2 Å². The number of piperidine rings is 1. The van der Waals surface area contributed by atoms with Crippen molar-refractivity contribution in [3.63, 3.8) is 0 Å². The third-order valence-corrected chi connectivity index (χ3v) is 4.52. The van der Waals surface area contributed by atoms with Crippen molar-refractivity contribution in [2.75, 3.05) is 13.1 Å². The first kappa shape index (κ1) is 14.3. The molecule has 2 rings (SSSR count). The van der Waals surface area contributed by atoms with Gasteiger partial charge in [-0.25, -0.2) is 0 Å². The molecule has 2 heterocycles. The van der Waals surface area contributed by atoms with Crippen molar-refractivity contribution in [1.82, 2.24) is 9.88 Å². The third kappa shape index (κ3) is 3.45. The van der Waals surface area contributed by atoms with E-state index >= 15 is 0 Å². The Morgan fingerprint density at radius 3 is 2.63 bits per heavy atom. The molecule has 0 spiro atoms. The van der Waals surface area contributed by atoms with Gasteiger partial charge in [-0.15, -0.1) is 0 Å². The Hall–Kier alpha value is -1.14. The van der Waals surface area contributed by atoms with Crippen LogP contribution in [0.15, 0.2) is 4.79 Å². The van der Waals surface area contributed by atoms with E-state index in [-0.39, 0.29) is 10.8 Å². The number of aromatic amines is 1. The summed E-state index contributed by atoms with van der Waals surface area (Å²) in [4.78, 5) is 28.6. The van der Waals surface area contributed by atoms with Crippen molar-refractivity contribution < 1.29 is 9.90 Å². The number of carboxylic acid groups (broad SMARTS) is 1. The predicted molar refractivity (Wildman–Crippen MR) is 74.7 cm³/mol. The van der Waals surface area contributed by atoms with Crippen molar-refractivity contribution in [2.45, 2.75) is 39.2 Å². The van der Waals surface area contributed by atoms with Crippen LogP contribution >= 0.6 is 11.3 Å². The molecule has 0 aliphatic carbocycles. The molecule has 0 radical (unpaired) electrons. The molecule has 6 heteroatoms. The number of H-pyrrole nitrogens is 1. The second-order valence-electron chi connectivity index (χ2n) is 5.39.